The fourth-order valence-electron chi connectivity index (χ4n) is 1.18. The average molecular weight is 231 g/mol. The summed E-state index contributed by atoms with van der Waals surface area (Å²) >= 11 is 0. The molecule has 1 amide bonds. The number of rotatable bonds is 3. The van der Waals surface area contributed by atoms with Crippen molar-refractivity contribution in [2.45, 2.75) is 13.3 Å². The van der Waals surface area contributed by atoms with Gasteiger partial charge in [-0.3, -0.25) is 4.79 Å². The molecule has 0 aliphatic carbocycles. The Morgan fingerprint density at radius 1 is 1.62 bits per heavy atom. The summed E-state index contributed by atoms with van der Waals surface area (Å²) in [6.45, 7) is 1.21. The number of aromatic nitrogens is 1. The zero-order valence-corrected chi connectivity index (χ0v) is 8.11. The van der Waals surface area contributed by atoms with Crippen LogP contribution in [0.1, 0.15) is 28.0 Å². The second-order valence-electron chi connectivity index (χ2n) is 2.96. The van der Waals surface area contributed by atoms with E-state index in [9.17, 15) is 23.7 Å². The number of primary amides is 1. The highest BCUT2D eigenvalue weighted by Crippen LogP contribution is 2.26. The standard InChI is InChI=1S/C8H7F2N3O3/c1-3-4(8(11)14)2-5(13(15)16)12-6(3)7(9)10/h2,7H,1H3,(H2,11,14). The molecule has 0 bridgehead atoms. The van der Waals surface area contributed by atoms with Crippen LogP contribution in [-0.2, 0) is 0 Å². The molecule has 0 unspecified atom stereocenters. The number of hydrogen-bond acceptors (Lipinski definition) is 4. The van der Waals surface area contributed by atoms with Crippen molar-refractivity contribution in [2.75, 3.05) is 0 Å². The van der Waals surface area contributed by atoms with Crippen LogP contribution < -0.4 is 5.73 Å². The number of carbonyl (C=O) groups is 1. The van der Waals surface area contributed by atoms with Crippen molar-refractivity contribution in [3.8, 4) is 0 Å². The predicted octanol–water partition coefficient (Wildman–Crippen LogP) is 1.33. The molecule has 0 radical (unpaired) electrons. The van der Waals surface area contributed by atoms with Gasteiger partial charge in [-0.1, -0.05) is 0 Å². The maximum atomic E-state index is 12.5. The maximum Gasteiger partial charge on any atom is 0.364 e. The van der Waals surface area contributed by atoms with Crippen LogP contribution in [0.25, 0.3) is 0 Å². The highest BCUT2D eigenvalue weighted by Gasteiger charge is 2.26. The van der Waals surface area contributed by atoms with Crippen molar-refractivity contribution < 1.29 is 18.5 Å². The van der Waals surface area contributed by atoms with E-state index >= 15 is 0 Å². The van der Waals surface area contributed by atoms with E-state index in [0.29, 0.717) is 0 Å². The van der Waals surface area contributed by atoms with E-state index in [4.69, 9.17) is 5.73 Å². The minimum atomic E-state index is -3.00. The van der Waals surface area contributed by atoms with Gasteiger partial charge in [0.15, 0.2) is 0 Å². The molecule has 0 aliphatic rings. The molecule has 0 atom stereocenters. The number of nitro groups is 1. The molecule has 0 saturated heterocycles. The summed E-state index contributed by atoms with van der Waals surface area (Å²) in [6.07, 6.45) is -3.00. The van der Waals surface area contributed by atoms with Crippen LogP contribution in [0.15, 0.2) is 6.07 Å². The minimum absolute atomic E-state index is 0.145. The Labute approximate surface area is 88.2 Å². The van der Waals surface area contributed by atoms with E-state index in [0.717, 1.165) is 6.07 Å². The van der Waals surface area contributed by atoms with Gasteiger partial charge in [-0.2, -0.15) is 0 Å². The van der Waals surface area contributed by atoms with E-state index < -0.39 is 28.8 Å². The summed E-state index contributed by atoms with van der Waals surface area (Å²) in [5.41, 5.74) is 3.65. The first-order chi connectivity index (χ1) is 7.34. The third kappa shape index (κ3) is 2.10. The molecule has 86 valence electrons. The number of carbonyl (C=O) groups excluding carboxylic acids is 1. The second kappa shape index (κ2) is 4.17. The monoisotopic (exact) mass is 231 g/mol. The largest absolute Gasteiger partial charge is 0.366 e. The molecule has 8 heteroatoms. The molecular weight excluding hydrogens is 224 g/mol. The summed E-state index contributed by atoms with van der Waals surface area (Å²) in [7, 11) is 0. The first-order valence-electron chi connectivity index (χ1n) is 4.08. The number of nitrogens with zero attached hydrogens (tertiary/aromatic N) is 2. The zero-order valence-electron chi connectivity index (χ0n) is 8.11. The third-order valence-electron chi connectivity index (χ3n) is 1.96. The number of alkyl halides is 2. The first kappa shape index (κ1) is 12.0. The summed E-state index contributed by atoms with van der Waals surface area (Å²) in [5, 5.41) is 10.4. The van der Waals surface area contributed by atoms with Crippen molar-refractivity contribution in [3.05, 3.63) is 33.0 Å². The normalized spacial score (nSPS) is 10.5. The topological polar surface area (TPSA) is 99.1 Å². The SMILES string of the molecule is Cc1c(C(N)=O)cc([N+](=O)[O-])nc1C(F)F. The van der Waals surface area contributed by atoms with Gasteiger partial charge in [0.2, 0.25) is 11.6 Å². The Morgan fingerprint density at radius 3 is 2.56 bits per heavy atom. The van der Waals surface area contributed by atoms with Crippen LogP contribution >= 0.6 is 0 Å². The van der Waals surface area contributed by atoms with Crippen LogP contribution in [0.5, 0.6) is 0 Å². The fourth-order valence-corrected chi connectivity index (χ4v) is 1.18. The van der Waals surface area contributed by atoms with Crippen molar-refractivity contribution in [1.82, 2.24) is 4.98 Å². The zero-order chi connectivity index (χ0) is 12.5. The lowest BCUT2D eigenvalue weighted by Gasteiger charge is -2.04. The molecule has 1 aromatic heterocycles. The number of amides is 1. The van der Waals surface area contributed by atoms with Crippen LogP contribution in [0.3, 0.4) is 0 Å². The van der Waals surface area contributed by atoms with Crippen molar-refractivity contribution in [1.29, 1.82) is 0 Å². The van der Waals surface area contributed by atoms with Gasteiger partial charge in [0, 0.05) is 11.6 Å². The van der Waals surface area contributed by atoms with E-state index in [1.165, 1.54) is 6.92 Å². The quantitative estimate of drug-likeness (QED) is 0.626. The van der Waals surface area contributed by atoms with E-state index in [1.54, 1.807) is 0 Å². The van der Waals surface area contributed by atoms with Gasteiger partial charge in [0.1, 0.15) is 0 Å². The lowest BCUT2D eigenvalue weighted by atomic mass is 10.1. The molecular formula is C8H7F2N3O3. The van der Waals surface area contributed by atoms with Gasteiger partial charge in [-0.25, -0.2) is 8.78 Å². The molecule has 2 N–H and O–H groups in total. The highest BCUT2D eigenvalue weighted by atomic mass is 19.3. The molecule has 0 spiro atoms. The van der Waals surface area contributed by atoms with Crippen LogP contribution in [0.4, 0.5) is 14.6 Å². The fraction of sp³-hybridized carbons (Fsp3) is 0.250. The number of halogens is 2. The van der Waals surface area contributed by atoms with Crippen LogP contribution in [0.2, 0.25) is 0 Å². The molecule has 1 rings (SSSR count). The molecule has 1 aromatic rings. The Morgan fingerprint density at radius 2 is 2.19 bits per heavy atom. The lowest BCUT2D eigenvalue weighted by Crippen LogP contribution is -2.15. The number of pyridine rings is 1. The Bertz CT molecular complexity index is 462. The van der Waals surface area contributed by atoms with Gasteiger partial charge >= 0.3 is 12.2 Å². The lowest BCUT2D eigenvalue weighted by molar-refractivity contribution is -0.389. The Hall–Kier alpha value is -2.12. The number of hydrogen-bond donors (Lipinski definition) is 1. The molecule has 16 heavy (non-hydrogen) atoms. The number of nitrogens with two attached hydrogens (primary N) is 1. The van der Waals surface area contributed by atoms with Crippen molar-refractivity contribution in [2.24, 2.45) is 5.73 Å². The van der Waals surface area contributed by atoms with Gasteiger partial charge in [0.25, 0.3) is 0 Å². The average Bonchev–Trinajstić information content (AvgIpc) is 2.16. The minimum Gasteiger partial charge on any atom is -0.366 e. The molecule has 0 aromatic carbocycles. The summed E-state index contributed by atoms with van der Waals surface area (Å²) < 4.78 is 25.0. The molecule has 0 aliphatic heterocycles. The molecule has 0 saturated carbocycles. The highest BCUT2D eigenvalue weighted by molar-refractivity contribution is 5.95. The smallest absolute Gasteiger partial charge is 0.364 e. The van der Waals surface area contributed by atoms with Gasteiger partial charge in [0.05, 0.1) is 5.56 Å². The molecule has 6 nitrogen and oxygen atoms in total. The van der Waals surface area contributed by atoms with Crippen LogP contribution in [-0.4, -0.2) is 15.8 Å². The third-order valence-corrected chi connectivity index (χ3v) is 1.96. The summed E-state index contributed by atoms with van der Waals surface area (Å²) in [4.78, 5) is 23.5. The van der Waals surface area contributed by atoms with Gasteiger partial charge in [-0.15, -0.1) is 0 Å². The van der Waals surface area contributed by atoms with Gasteiger partial charge in [-0.05, 0) is 16.8 Å². The summed E-state index contributed by atoms with van der Waals surface area (Å²) in [5.74, 6) is -1.83. The Balaban J connectivity index is 3.51. The maximum absolute atomic E-state index is 12.5. The second-order valence-corrected chi connectivity index (χ2v) is 2.96. The summed E-state index contributed by atoms with van der Waals surface area (Å²) in [6, 6.07) is 0.781. The predicted molar refractivity (Wildman–Crippen MR) is 49.1 cm³/mol. The Kier molecular flexibility index (Phi) is 3.11. The van der Waals surface area contributed by atoms with E-state index in [-0.39, 0.29) is 11.1 Å². The first-order valence-corrected chi connectivity index (χ1v) is 4.08. The van der Waals surface area contributed by atoms with Crippen molar-refractivity contribution >= 4 is 11.7 Å². The molecule has 1 heterocycles. The van der Waals surface area contributed by atoms with Crippen molar-refractivity contribution in [3.63, 3.8) is 0 Å². The van der Waals surface area contributed by atoms with Crippen LogP contribution in [0, 0.1) is 17.0 Å². The van der Waals surface area contributed by atoms with E-state index in [1.807, 2.05) is 0 Å². The van der Waals surface area contributed by atoms with Gasteiger partial charge < -0.3 is 15.8 Å². The van der Waals surface area contributed by atoms with E-state index in [2.05, 4.69) is 4.98 Å². The molecule has 0 fully saturated rings.